The van der Waals surface area contributed by atoms with Crippen LogP contribution in [0.25, 0.3) is 0 Å². The van der Waals surface area contributed by atoms with Crippen LogP contribution < -0.4 is 29.7 Å². The van der Waals surface area contributed by atoms with E-state index in [0.717, 1.165) is 9.13 Å². The van der Waals surface area contributed by atoms with Crippen LogP contribution in [-0.2, 0) is 11.4 Å². The van der Waals surface area contributed by atoms with Crippen molar-refractivity contribution in [3.63, 3.8) is 0 Å². The molecule has 9 nitrogen and oxygen atoms in total. The van der Waals surface area contributed by atoms with Crippen LogP contribution in [-0.4, -0.2) is 45.9 Å². The van der Waals surface area contributed by atoms with Gasteiger partial charge in [0.05, 0.1) is 37.7 Å². The van der Waals surface area contributed by atoms with E-state index in [-0.39, 0.29) is 6.54 Å². The van der Waals surface area contributed by atoms with Crippen molar-refractivity contribution < 1.29 is 28.5 Å². The summed E-state index contributed by atoms with van der Waals surface area (Å²) in [6.07, 6.45) is 1.49. The Morgan fingerprint density at radius 3 is 2.33 bits per heavy atom. The molecule has 0 aliphatic rings. The van der Waals surface area contributed by atoms with E-state index in [1.807, 2.05) is 36.4 Å². The Hall–Kier alpha value is -3.80. The lowest BCUT2D eigenvalue weighted by molar-refractivity contribution is -0.120. The van der Waals surface area contributed by atoms with E-state index in [4.69, 9.17) is 18.9 Å². The number of rotatable bonds is 11. The summed E-state index contributed by atoms with van der Waals surface area (Å²) < 4.78 is 22.6. The lowest BCUT2D eigenvalue weighted by Gasteiger charge is -2.13. The third-order valence-electron chi connectivity index (χ3n) is 4.94. The smallest absolute Gasteiger partial charge is 0.259 e. The van der Waals surface area contributed by atoms with E-state index < -0.39 is 11.8 Å². The minimum absolute atomic E-state index is 0.252. The number of ether oxygens (including phenoxy) is 4. The molecule has 36 heavy (non-hydrogen) atoms. The molecule has 0 aromatic heterocycles. The maximum absolute atomic E-state index is 12.3. The van der Waals surface area contributed by atoms with Crippen molar-refractivity contribution in [2.75, 3.05) is 27.9 Å². The number of hydrazone groups is 1. The molecule has 0 saturated heterocycles. The predicted octanol–water partition coefficient (Wildman–Crippen LogP) is 3.78. The van der Waals surface area contributed by atoms with E-state index in [0.29, 0.717) is 40.7 Å². The first-order valence-corrected chi connectivity index (χ1v) is 11.9. The fraction of sp³-hybridized carbons (Fsp3) is 0.192. The predicted molar refractivity (Wildman–Crippen MR) is 144 cm³/mol. The van der Waals surface area contributed by atoms with Crippen molar-refractivity contribution in [1.82, 2.24) is 10.7 Å². The maximum atomic E-state index is 12.3. The number of methoxy groups -OCH3 is 3. The minimum Gasteiger partial charge on any atom is -0.493 e. The van der Waals surface area contributed by atoms with Gasteiger partial charge in [-0.1, -0.05) is 30.3 Å². The van der Waals surface area contributed by atoms with Gasteiger partial charge in [0, 0.05) is 5.56 Å². The van der Waals surface area contributed by atoms with Crippen molar-refractivity contribution in [3.8, 4) is 23.0 Å². The first-order chi connectivity index (χ1) is 17.4. The van der Waals surface area contributed by atoms with Gasteiger partial charge >= 0.3 is 0 Å². The van der Waals surface area contributed by atoms with Gasteiger partial charge in [-0.2, -0.15) is 5.10 Å². The molecule has 2 N–H and O–H groups in total. The monoisotopic (exact) mass is 603 g/mol. The molecule has 2 amide bonds. The van der Waals surface area contributed by atoms with E-state index >= 15 is 0 Å². The SMILES string of the molecule is COc1ccc(C(=O)NCC(=O)NN=Cc2cc(I)c(OCc3ccccc3)c(OC)c2)cc1OC. The average Bonchev–Trinajstić information content (AvgIpc) is 2.90. The zero-order valence-corrected chi connectivity index (χ0v) is 22.2. The summed E-state index contributed by atoms with van der Waals surface area (Å²) >= 11 is 2.16. The van der Waals surface area contributed by atoms with E-state index in [2.05, 4.69) is 38.4 Å². The fourth-order valence-electron chi connectivity index (χ4n) is 3.14. The number of carbonyl (C=O) groups is 2. The molecule has 0 saturated carbocycles. The number of nitrogens with zero attached hydrogens (tertiary/aromatic N) is 1. The number of nitrogens with one attached hydrogen (secondary N) is 2. The molecule has 3 aromatic rings. The molecule has 0 aliphatic heterocycles. The lowest BCUT2D eigenvalue weighted by atomic mass is 10.2. The van der Waals surface area contributed by atoms with Gasteiger partial charge in [0.25, 0.3) is 11.8 Å². The van der Waals surface area contributed by atoms with Gasteiger partial charge in [-0.25, -0.2) is 5.43 Å². The Kier molecular flexibility index (Phi) is 9.92. The fourth-order valence-corrected chi connectivity index (χ4v) is 3.92. The van der Waals surface area contributed by atoms with Gasteiger partial charge in [0.1, 0.15) is 6.61 Å². The number of hydrogen-bond donors (Lipinski definition) is 2. The highest BCUT2D eigenvalue weighted by Gasteiger charge is 2.13. The van der Waals surface area contributed by atoms with Crippen LogP contribution in [0.1, 0.15) is 21.5 Å². The van der Waals surface area contributed by atoms with Crippen LogP contribution in [0.15, 0.2) is 65.8 Å². The molecular weight excluding hydrogens is 577 g/mol. The van der Waals surface area contributed by atoms with Crippen molar-refractivity contribution in [3.05, 3.63) is 80.9 Å². The summed E-state index contributed by atoms with van der Waals surface area (Å²) in [5.74, 6) is 1.18. The van der Waals surface area contributed by atoms with Crippen molar-refractivity contribution in [2.24, 2.45) is 5.10 Å². The van der Waals surface area contributed by atoms with Crippen molar-refractivity contribution in [2.45, 2.75) is 6.61 Å². The van der Waals surface area contributed by atoms with Gasteiger partial charge in [-0.15, -0.1) is 0 Å². The second-order valence-electron chi connectivity index (χ2n) is 7.35. The molecule has 0 atom stereocenters. The first kappa shape index (κ1) is 26.8. The zero-order valence-electron chi connectivity index (χ0n) is 20.0. The molecular formula is C26H26IN3O6. The van der Waals surface area contributed by atoms with E-state index in [1.54, 1.807) is 25.3 Å². The molecule has 3 aromatic carbocycles. The van der Waals surface area contributed by atoms with E-state index in [9.17, 15) is 9.59 Å². The molecule has 0 unspecified atom stereocenters. The first-order valence-electron chi connectivity index (χ1n) is 10.8. The molecule has 0 heterocycles. The molecule has 3 rings (SSSR count). The van der Waals surface area contributed by atoms with Crippen LogP contribution in [0.4, 0.5) is 0 Å². The largest absolute Gasteiger partial charge is 0.493 e. The molecule has 0 spiro atoms. The highest BCUT2D eigenvalue weighted by atomic mass is 127. The van der Waals surface area contributed by atoms with Crippen molar-refractivity contribution >= 4 is 40.6 Å². The average molecular weight is 603 g/mol. The highest BCUT2D eigenvalue weighted by Crippen LogP contribution is 2.34. The van der Waals surface area contributed by atoms with Crippen LogP contribution in [0, 0.1) is 3.57 Å². The summed E-state index contributed by atoms with van der Waals surface area (Å²) in [4.78, 5) is 24.5. The number of benzene rings is 3. The Morgan fingerprint density at radius 2 is 1.64 bits per heavy atom. The number of halogens is 1. The van der Waals surface area contributed by atoms with Gasteiger partial charge in [-0.3, -0.25) is 9.59 Å². The summed E-state index contributed by atoms with van der Waals surface area (Å²) in [6, 6.07) is 18.2. The maximum Gasteiger partial charge on any atom is 0.259 e. The quantitative estimate of drug-likeness (QED) is 0.196. The number of hydrogen-bond acceptors (Lipinski definition) is 7. The van der Waals surface area contributed by atoms with Gasteiger partial charge in [-0.05, 0) is 64.0 Å². The minimum atomic E-state index is -0.482. The molecule has 188 valence electrons. The van der Waals surface area contributed by atoms with Crippen LogP contribution in [0.5, 0.6) is 23.0 Å². The van der Waals surface area contributed by atoms with Crippen LogP contribution in [0.2, 0.25) is 0 Å². The van der Waals surface area contributed by atoms with E-state index in [1.165, 1.54) is 26.5 Å². The molecule has 0 aliphatic carbocycles. The molecule has 0 fully saturated rings. The highest BCUT2D eigenvalue weighted by molar-refractivity contribution is 14.1. The zero-order chi connectivity index (χ0) is 25.9. The Balaban J connectivity index is 1.55. The van der Waals surface area contributed by atoms with Gasteiger partial charge in [0.15, 0.2) is 23.0 Å². The third kappa shape index (κ3) is 7.35. The second-order valence-corrected chi connectivity index (χ2v) is 8.52. The summed E-state index contributed by atoms with van der Waals surface area (Å²) in [6.45, 7) is 0.156. The summed E-state index contributed by atoms with van der Waals surface area (Å²) in [7, 11) is 4.55. The van der Waals surface area contributed by atoms with Gasteiger partial charge < -0.3 is 24.3 Å². The standard InChI is InChI=1S/C26H26IN3O6/c1-33-21-10-9-19(13-22(21)34-2)26(32)28-15-24(31)30-29-14-18-11-20(27)25(23(12-18)35-3)36-16-17-7-5-4-6-8-17/h4-14H,15-16H2,1-3H3,(H,28,32)(H,30,31). The molecule has 0 bridgehead atoms. The Labute approximate surface area is 222 Å². The molecule has 10 heteroatoms. The Bertz CT molecular complexity index is 1230. The third-order valence-corrected chi connectivity index (χ3v) is 5.74. The number of carbonyl (C=O) groups excluding carboxylic acids is 2. The Morgan fingerprint density at radius 1 is 0.917 bits per heavy atom. The molecule has 0 radical (unpaired) electrons. The van der Waals surface area contributed by atoms with Crippen molar-refractivity contribution in [1.29, 1.82) is 0 Å². The second kappa shape index (κ2) is 13.3. The van der Waals surface area contributed by atoms with Gasteiger partial charge in [0.2, 0.25) is 0 Å². The number of amides is 2. The lowest BCUT2D eigenvalue weighted by Crippen LogP contribution is -2.34. The van der Waals surface area contributed by atoms with Crippen LogP contribution in [0.3, 0.4) is 0 Å². The summed E-state index contributed by atoms with van der Waals surface area (Å²) in [5, 5.41) is 6.51. The topological polar surface area (TPSA) is 107 Å². The van der Waals surface area contributed by atoms with Crippen LogP contribution >= 0.6 is 22.6 Å². The summed E-state index contributed by atoms with van der Waals surface area (Å²) in [5.41, 5.74) is 4.48. The normalized spacial score (nSPS) is 10.6.